The number of aliphatic carboxylic acids is 2. The monoisotopic (exact) mass is 486 g/mol. The summed E-state index contributed by atoms with van der Waals surface area (Å²) in [6.07, 6.45) is 6.24. The summed E-state index contributed by atoms with van der Waals surface area (Å²) < 4.78 is 0. The number of aliphatic hydroxyl groups is 1. The van der Waals surface area contributed by atoms with Crippen molar-refractivity contribution in [1.29, 1.82) is 0 Å². The predicted molar refractivity (Wildman–Crippen MR) is 135 cm³/mol. The molecule has 5 rings (SSSR count). The molecule has 0 spiro atoms. The van der Waals surface area contributed by atoms with Crippen LogP contribution in [-0.4, -0.2) is 33.4 Å². The van der Waals surface area contributed by atoms with Crippen LogP contribution < -0.4 is 0 Å². The van der Waals surface area contributed by atoms with Gasteiger partial charge in [0.15, 0.2) is 0 Å². The largest absolute Gasteiger partial charge is 0.481 e. The van der Waals surface area contributed by atoms with E-state index in [0.29, 0.717) is 12.3 Å². The zero-order valence-corrected chi connectivity index (χ0v) is 22.6. The van der Waals surface area contributed by atoms with Crippen molar-refractivity contribution in [2.75, 3.05) is 0 Å². The summed E-state index contributed by atoms with van der Waals surface area (Å²) in [5, 5.41) is 32.2. The van der Waals surface area contributed by atoms with Crippen molar-refractivity contribution in [3.05, 3.63) is 12.2 Å². The normalized spacial score (nSPS) is 54.2. The van der Waals surface area contributed by atoms with Crippen LogP contribution in [0.25, 0.3) is 0 Å². The van der Waals surface area contributed by atoms with E-state index in [1.54, 1.807) is 0 Å². The summed E-state index contributed by atoms with van der Waals surface area (Å²) in [7, 11) is 0. The number of aliphatic hydroxyl groups excluding tert-OH is 1. The Morgan fingerprint density at radius 1 is 0.829 bits per heavy atom. The summed E-state index contributed by atoms with van der Waals surface area (Å²) in [4.78, 5) is 25.4. The summed E-state index contributed by atoms with van der Waals surface area (Å²) in [6, 6.07) is 0. The van der Waals surface area contributed by atoms with Crippen molar-refractivity contribution in [2.24, 2.45) is 62.6 Å². The molecule has 0 aromatic carbocycles. The number of carboxylic acids is 2. The third-order valence-corrected chi connectivity index (χ3v) is 13.6. The average Bonchev–Trinajstić information content (AvgIpc) is 3.21. The summed E-state index contributed by atoms with van der Waals surface area (Å²) in [6.45, 7) is 17.5. The van der Waals surface area contributed by atoms with Crippen LogP contribution in [0.2, 0.25) is 0 Å². The quantitative estimate of drug-likeness (QED) is 0.425. The molecule has 0 heterocycles. The number of allylic oxidation sites excluding steroid dienone is 1. The molecule has 5 nitrogen and oxygen atoms in total. The zero-order chi connectivity index (χ0) is 25.9. The van der Waals surface area contributed by atoms with E-state index in [2.05, 4.69) is 48.1 Å². The first kappa shape index (κ1) is 25.3. The van der Waals surface area contributed by atoms with E-state index in [4.69, 9.17) is 0 Å². The lowest BCUT2D eigenvalue weighted by atomic mass is 9.34. The Balaban J connectivity index is 1.62. The molecule has 5 aliphatic carbocycles. The van der Waals surface area contributed by atoms with Gasteiger partial charge >= 0.3 is 11.9 Å². The van der Waals surface area contributed by atoms with Crippen molar-refractivity contribution in [3.63, 3.8) is 0 Å². The first-order valence-electron chi connectivity index (χ1n) is 13.9. The van der Waals surface area contributed by atoms with Gasteiger partial charge in [-0.1, -0.05) is 46.8 Å². The molecule has 0 amide bonds. The topological polar surface area (TPSA) is 94.8 Å². The highest BCUT2D eigenvalue weighted by Gasteiger charge is 2.75. The minimum atomic E-state index is -0.862. The van der Waals surface area contributed by atoms with E-state index in [0.717, 1.165) is 50.5 Å². The van der Waals surface area contributed by atoms with Crippen LogP contribution in [-0.2, 0) is 9.59 Å². The Bertz CT molecular complexity index is 970. The number of carboxylic acid groups (broad SMARTS) is 2. The molecule has 35 heavy (non-hydrogen) atoms. The van der Waals surface area contributed by atoms with Gasteiger partial charge in [0, 0.05) is 0 Å². The molecule has 0 aliphatic heterocycles. The van der Waals surface area contributed by atoms with Gasteiger partial charge in [0.1, 0.15) is 0 Å². The molecule has 0 aromatic rings. The molecule has 3 N–H and O–H groups in total. The first-order valence-corrected chi connectivity index (χ1v) is 13.9. The third-order valence-electron chi connectivity index (χ3n) is 13.6. The maximum Gasteiger partial charge on any atom is 0.309 e. The van der Waals surface area contributed by atoms with Crippen LogP contribution in [0.5, 0.6) is 0 Å². The Hall–Kier alpha value is -1.36. The van der Waals surface area contributed by atoms with Crippen molar-refractivity contribution >= 4 is 11.9 Å². The SMILES string of the molecule is C=C(C)C1CCC2(C(=O)O)CCC3(C)C(CCC4C5(C)C(C(=O)O)C(O)C(C)(C)C5CCC43C)C12. The van der Waals surface area contributed by atoms with E-state index in [1.165, 1.54) is 0 Å². The Morgan fingerprint density at radius 3 is 2.06 bits per heavy atom. The van der Waals surface area contributed by atoms with Gasteiger partial charge in [0.2, 0.25) is 0 Å². The number of rotatable bonds is 3. The van der Waals surface area contributed by atoms with Crippen LogP contribution in [0, 0.1) is 62.6 Å². The van der Waals surface area contributed by atoms with Crippen molar-refractivity contribution in [2.45, 2.75) is 99.0 Å². The maximum atomic E-state index is 12.8. The van der Waals surface area contributed by atoms with Gasteiger partial charge in [-0.05, 0) is 110 Å². The second kappa shape index (κ2) is 7.36. The Kier molecular flexibility index (Phi) is 5.32. The molecule has 5 aliphatic rings. The lowest BCUT2D eigenvalue weighted by Crippen LogP contribution is -2.65. The van der Waals surface area contributed by atoms with Gasteiger partial charge in [-0.25, -0.2) is 0 Å². The van der Waals surface area contributed by atoms with Gasteiger partial charge in [0.25, 0.3) is 0 Å². The van der Waals surface area contributed by atoms with Crippen LogP contribution in [0.15, 0.2) is 12.2 Å². The summed E-state index contributed by atoms with van der Waals surface area (Å²) >= 11 is 0. The van der Waals surface area contributed by atoms with E-state index < -0.39 is 40.2 Å². The van der Waals surface area contributed by atoms with Gasteiger partial charge in [-0.15, -0.1) is 0 Å². The maximum absolute atomic E-state index is 12.8. The van der Waals surface area contributed by atoms with E-state index in [-0.39, 0.29) is 34.5 Å². The second-order valence-corrected chi connectivity index (χ2v) is 14.6. The fourth-order valence-electron chi connectivity index (χ4n) is 11.8. The molecular weight excluding hydrogens is 440 g/mol. The fraction of sp³-hybridized carbons (Fsp3) is 0.867. The molecule has 196 valence electrons. The highest BCUT2D eigenvalue weighted by molar-refractivity contribution is 5.76. The predicted octanol–water partition coefficient (Wildman–Crippen LogP) is 6.01. The van der Waals surface area contributed by atoms with Gasteiger partial charge in [-0.3, -0.25) is 9.59 Å². The Morgan fingerprint density at radius 2 is 1.49 bits per heavy atom. The number of hydrogen-bond acceptors (Lipinski definition) is 3. The van der Waals surface area contributed by atoms with Gasteiger partial charge in [0.05, 0.1) is 17.4 Å². The standard InChI is InChI=1S/C30H46O5/c1-16(2)17-10-13-30(25(34)35)15-14-27(5)18(21(17)30)8-9-20-28(27,6)12-11-19-26(3,4)23(31)22(24(32)33)29(19,20)7/h17-23,31H,1,8-15H2,2-7H3,(H,32,33)(H,34,35). The molecule has 11 unspecified atom stereocenters. The number of fused-ring (bicyclic) bond motifs is 7. The lowest BCUT2D eigenvalue weighted by molar-refractivity contribution is -0.228. The molecular formula is C30H46O5. The summed E-state index contributed by atoms with van der Waals surface area (Å²) in [5.41, 5.74) is -0.558. The van der Waals surface area contributed by atoms with Crippen LogP contribution in [0.3, 0.4) is 0 Å². The van der Waals surface area contributed by atoms with Gasteiger partial charge in [-0.2, -0.15) is 0 Å². The van der Waals surface area contributed by atoms with Crippen LogP contribution >= 0.6 is 0 Å². The Labute approximate surface area is 210 Å². The molecule has 5 fully saturated rings. The van der Waals surface area contributed by atoms with E-state index in [1.807, 2.05) is 0 Å². The minimum absolute atomic E-state index is 0.0493. The van der Waals surface area contributed by atoms with Crippen LogP contribution in [0.1, 0.15) is 92.9 Å². The lowest BCUT2D eigenvalue weighted by Gasteiger charge is -2.70. The molecule has 0 radical (unpaired) electrons. The van der Waals surface area contributed by atoms with Gasteiger partial charge < -0.3 is 15.3 Å². The fourth-order valence-corrected chi connectivity index (χ4v) is 11.8. The molecule has 0 bridgehead atoms. The number of carbonyl (C=O) groups is 2. The molecule has 5 saturated carbocycles. The molecule has 0 aromatic heterocycles. The van der Waals surface area contributed by atoms with E-state index >= 15 is 0 Å². The van der Waals surface area contributed by atoms with Crippen LogP contribution in [0.4, 0.5) is 0 Å². The number of hydrogen-bond donors (Lipinski definition) is 3. The average molecular weight is 487 g/mol. The highest BCUT2D eigenvalue weighted by Crippen LogP contribution is 2.79. The molecule has 0 saturated heterocycles. The third kappa shape index (κ3) is 2.75. The zero-order valence-electron chi connectivity index (χ0n) is 22.6. The van der Waals surface area contributed by atoms with Crippen molar-refractivity contribution in [3.8, 4) is 0 Å². The smallest absolute Gasteiger partial charge is 0.309 e. The second-order valence-electron chi connectivity index (χ2n) is 14.6. The van der Waals surface area contributed by atoms with E-state index in [9.17, 15) is 24.9 Å². The molecule has 11 atom stereocenters. The first-order chi connectivity index (χ1) is 16.1. The highest BCUT2D eigenvalue weighted by atomic mass is 16.4. The van der Waals surface area contributed by atoms with Crippen molar-refractivity contribution < 1.29 is 24.9 Å². The minimum Gasteiger partial charge on any atom is -0.481 e. The molecule has 5 heteroatoms. The summed E-state index contributed by atoms with van der Waals surface area (Å²) in [5.74, 6) is -1.21. The van der Waals surface area contributed by atoms with Crippen molar-refractivity contribution in [1.82, 2.24) is 0 Å².